The summed E-state index contributed by atoms with van der Waals surface area (Å²) in [7, 11) is 0. The lowest BCUT2D eigenvalue weighted by atomic mass is 10.1. The molecule has 1 N–H and O–H groups in total. The minimum atomic E-state index is -0.358. The van der Waals surface area contributed by atoms with Crippen molar-refractivity contribution in [3.63, 3.8) is 0 Å². The lowest BCUT2D eigenvalue weighted by Crippen LogP contribution is -2.22. The van der Waals surface area contributed by atoms with Crippen molar-refractivity contribution < 1.29 is 9.18 Å². The smallest absolute Gasteiger partial charge is 0.251 e. The van der Waals surface area contributed by atoms with Gasteiger partial charge in [0.25, 0.3) is 5.91 Å². The molecule has 21 heavy (non-hydrogen) atoms. The van der Waals surface area contributed by atoms with Gasteiger partial charge >= 0.3 is 0 Å². The summed E-state index contributed by atoms with van der Waals surface area (Å²) < 4.78 is 13.4. The first-order valence-electron chi connectivity index (χ1n) is 6.86. The van der Waals surface area contributed by atoms with Gasteiger partial charge in [-0.15, -0.1) is 11.8 Å². The molecule has 4 heteroatoms. The standard InChI is InChI=1S/C17H18FNOS/c1-3-21-15-8-5-13(6-9-15)11-19-17(20)14-7-4-12(2)16(18)10-14/h4-10H,3,11H2,1-2H3,(H,19,20). The molecule has 0 aliphatic rings. The molecule has 0 atom stereocenters. The van der Waals surface area contributed by atoms with Crippen LogP contribution in [0, 0.1) is 12.7 Å². The average molecular weight is 303 g/mol. The van der Waals surface area contributed by atoms with Crippen molar-refractivity contribution in [2.75, 3.05) is 5.75 Å². The lowest BCUT2D eigenvalue weighted by Gasteiger charge is -2.07. The zero-order valence-corrected chi connectivity index (χ0v) is 13.0. The third-order valence-corrected chi connectivity index (χ3v) is 4.02. The largest absolute Gasteiger partial charge is 0.348 e. The van der Waals surface area contributed by atoms with Gasteiger partial charge in [0.05, 0.1) is 0 Å². The highest BCUT2D eigenvalue weighted by atomic mass is 32.2. The monoisotopic (exact) mass is 303 g/mol. The van der Waals surface area contributed by atoms with Crippen LogP contribution in [0.25, 0.3) is 0 Å². The van der Waals surface area contributed by atoms with Crippen molar-refractivity contribution in [2.24, 2.45) is 0 Å². The molecular formula is C17H18FNOS. The van der Waals surface area contributed by atoms with Crippen molar-refractivity contribution in [1.29, 1.82) is 0 Å². The number of amides is 1. The Balaban J connectivity index is 1.95. The molecule has 0 radical (unpaired) electrons. The summed E-state index contributed by atoms with van der Waals surface area (Å²) in [5.74, 6) is 0.416. The molecular weight excluding hydrogens is 285 g/mol. The number of carbonyl (C=O) groups excluding carboxylic acids is 1. The Bertz CT molecular complexity index is 625. The molecule has 2 aromatic carbocycles. The van der Waals surface area contributed by atoms with Gasteiger partial charge in [-0.3, -0.25) is 4.79 Å². The second kappa shape index (κ2) is 7.27. The molecule has 2 rings (SSSR count). The van der Waals surface area contributed by atoms with Gasteiger partial charge in [-0.25, -0.2) is 4.39 Å². The summed E-state index contributed by atoms with van der Waals surface area (Å²) in [5, 5.41) is 2.80. The fourth-order valence-electron chi connectivity index (χ4n) is 1.89. The number of hydrogen-bond donors (Lipinski definition) is 1. The van der Waals surface area contributed by atoms with Crippen molar-refractivity contribution in [1.82, 2.24) is 5.32 Å². The van der Waals surface area contributed by atoms with E-state index in [4.69, 9.17) is 0 Å². The van der Waals surface area contributed by atoms with Gasteiger partial charge < -0.3 is 5.32 Å². The van der Waals surface area contributed by atoms with E-state index in [1.807, 2.05) is 24.3 Å². The van der Waals surface area contributed by atoms with E-state index >= 15 is 0 Å². The molecule has 0 aliphatic heterocycles. The first kappa shape index (κ1) is 15.6. The summed E-state index contributed by atoms with van der Waals surface area (Å²) in [5.41, 5.74) is 1.91. The highest BCUT2D eigenvalue weighted by Gasteiger charge is 2.07. The zero-order chi connectivity index (χ0) is 15.2. The molecule has 0 unspecified atom stereocenters. The third-order valence-electron chi connectivity index (χ3n) is 3.12. The Labute approximate surface area is 128 Å². The second-order valence-corrected chi connectivity index (χ2v) is 6.06. The van der Waals surface area contributed by atoms with Gasteiger partial charge in [0, 0.05) is 17.0 Å². The van der Waals surface area contributed by atoms with E-state index in [9.17, 15) is 9.18 Å². The van der Waals surface area contributed by atoms with E-state index < -0.39 is 0 Å². The first-order valence-corrected chi connectivity index (χ1v) is 7.85. The average Bonchev–Trinajstić information content (AvgIpc) is 2.49. The first-order chi connectivity index (χ1) is 10.1. The Morgan fingerprint density at radius 1 is 1.19 bits per heavy atom. The van der Waals surface area contributed by atoms with E-state index in [1.54, 1.807) is 30.8 Å². The van der Waals surface area contributed by atoms with Crippen LogP contribution in [0.15, 0.2) is 47.4 Å². The number of benzene rings is 2. The van der Waals surface area contributed by atoms with Crippen LogP contribution in [0.3, 0.4) is 0 Å². The molecule has 0 aromatic heterocycles. The molecule has 2 nitrogen and oxygen atoms in total. The van der Waals surface area contributed by atoms with Gasteiger partial charge in [0.15, 0.2) is 0 Å². The van der Waals surface area contributed by atoms with Crippen molar-refractivity contribution in [3.8, 4) is 0 Å². The summed E-state index contributed by atoms with van der Waals surface area (Å²) in [4.78, 5) is 13.2. The fraction of sp³-hybridized carbons (Fsp3) is 0.235. The quantitative estimate of drug-likeness (QED) is 0.840. The van der Waals surface area contributed by atoms with Gasteiger partial charge in [-0.05, 0) is 48.1 Å². The zero-order valence-electron chi connectivity index (χ0n) is 12.2. The normalized spacial score (nSPS) is 10.4. The fourth-order valence-corrected chi connectivity index (χ4v) is 2.55. The summed E-state index contributed by atoms with van der Waals surface area (Å²) in [6.45, 7) is 4.22. The molecule has 110 valence electrons. The van der Waals surface area contributed by atoms with Crippen LogP contribution < -0.4 is 5.32 Å². The number of halogens is 1. The predicted octanol–water partition coefficient (Wildman–Crippen LogP) is 4.18. The third kappa shape index (κ3) is 4.33. The number of aryl methyl sites for hydroxylation is 1. The summed E-state index contributed by atoms with van der Waals surface area (Å²) in [6, 6.07) is 12.6. The minimum absolute atomic E-state index is 0.263. The van der Waals surface area contributed by atoms with E-state index in [2.05, 4.69) is 12.2 Å². The molecule has 0 saturated heterocycles. The van der Waals surface area contributed by atoms with Crippen LogP contribution in [0.2, 0.25) is 0 Å². The summed E-state index contributed by atoms with van der Waals surface area (Å²) in [6.07, 6.45) is 0. The van der Waals surface area contributed by atoms with Gasteiger partial charge in [-0.2, -0.15) is 0 Å². The van der Waals surface area contributed by atoms with E-state index in [-0.39, 0.29) is 11.7 Å². The van der Waals surface area contributed by atoms with Crippen molar-refractivity contribution in [3.05, 3.63) is 65.0 Å². The minimum Gasteiger partial charge on any atom is -0.348 e. The number of carbonyl (C=O) groups is 1. The molecule has 0 saturated carbocycles. The Morgan fingerprint density at radius 2 is 1.90 bits per heavy atom. The summed E-state index contributed by atoms with van der Waals surface area (Å²) >= 11 is 1.78. The van der Waals surface area contributed by atoms with Gasteiger partial charge in [0.2, 0.25) is 0 Å². The second-order valence-electron chi connectivity index (χ2n) is 4.72. The van der Waals surface area contributed by atoms with E-state index in [1.165, 1.54) is 11.0 Å². The molecule has 2 aromatic rings. The Kier molecular flexibility index (Phi) is 5.39. The SMILES string of the molecule is CCSc1ccc(CNC(=O)c2ccc(C)c(F)c2)cc1. The van der Waals surface area contributed by atoms with Crippen LogP contribution in [0.5, 0.6) is 0 Å². The highest BCUT2D eigenvalue weighted by molar-refractivity contribution is 7.99. The van der Waals surface area contributed by atoms with Crippen LogP contribution in [-0.2, 0) is 6.54 Å². The maximum atomic E-state index is 13.4. The molecule has 0 aliphatic carbocycles. The number of rotatable bonds is 5. The van der Waals surface area contributed by atoms with Crippen molar-refractivity contribution in [2.45, 2.75) is 25.3 Å². The highest BCUT2D eigenvalue weighted by Crippen LogP contribution is 2.17. The number of hydrogen-bond acceptors (Lipinski definition) is 2. The van der Waals surface area contributed by atoms with Gasteiger partial charge in [0.1, 0.15) is 5.82 Å². The van der Waals surface area contributed by atoms with E-state index in [0.29, 0.717) is 17.7 Å². The topological polar surface area (TPSA) is 29.1 Å². The molecule has 0 heterocycles. The van der Waals surface area contributed by atoms with Crippen LogP contribution in [0.4, 0.5) is 4.39 Å². The maximum Gasteiger partial charge on any atom is 0.251 e. The van der Waals surface area contributed by atoms with Gasteiger partial charge in [-0.1, -0.05) is 25.1 Å². The number of nitrogens with one attached hydrogen (secondary N) is 1. The molecule has 0 bridgehead atoms. The number of thioether (sulfide) groups is 1. The van der Waals surface area contributed by atoms with E-state index in [0.717, 1.165) is 11.3 Å². The molecule has 0 spiro atoms. The maximum absolute atomic E-state index is 13.4. The Hall–Kier alpha value is -1.81. The lowest BCUT2D eigenvalue weighted by molar-refractivity contribution is 0.0950. The predicted molar refractivity (Wildman–Crippen MR) is 85.1 cm³/mol. The van der Waals surface area contributed by atoms with Crippen LogP contribution in [0.1, 0.15) is 28.4 Å². The molecule has 0 fully saturated rings. The molecule has 1 amide bonds. The Morgan fingerprint density at radius 3 is 2.52 bits per heavy atom. The van der Waals surface area contributed by atoms with Crippen molar-refractivity contribution >= 4 is 17.7 Å². The van der Waals surface area contributed by atoms with Crippen LogP contribution in [-0.4, -0.2) is 11.7 Å². The van der Waals surface area contributed by atoms with Crippen LogP contribution >= 0.6 is 11.8 Å².